The lowest BCUT2D eigenvalue weighted by Crippen LogP contribution is -2.47. The average Bonchev–Trinajstić information content (AvgIpc) is 2.63. The van der Waals surface area contributed by atoms with Gasteiger partial charge >= 0.3 is 0 Å². The molecule has 2 heterocycles. The van der Waals surface area contributed by atoms with Gasteiger partial charge in [0, 0.05) is 44.9 Å². The Labute approximate surface area is 142 Å². The molecule has 0 aliphatic carbocycles. The van der Waals surface area contributed by atoms with E-state index in [1.54, 1.807) is 12.4 Å². The second kappa shape index (κ2) is 7.97. The number of aliphatic hydroxyl groups excluding tert-OH is 1. The van der Waals surface area contributed by atoms with Crippen LogP contribution in [0.25, 0.3) is 0 Å². The van der Waals surface area contributed by atoms with Crippen molar-refractivity contribution in [2.75, 3.05) is 49.2 Å². The number of anilines is 2. The van der Waals surface area contributed by atoms with Crippen molar-refractivity contribution in [1.29, 1.82) is 0 Å². The highest BCUT2D eigenvalue weighted by Crippen LogP contribution is 2.22. The highest BCUT2D eigenvalue weighted by molar-refractivity contribution is 5.54. The van der Waals surface area contributed by atoms with Crippen molar-refractivity contribution in [3.63, 3.8) is 0 Å². The number of aliphatic hydroxyl groups is 1. The molecule has 0 amide bonds. The highest BCUT2D eigenvalue weighted by Gasteiger charge is 2.19. The van der Waals surface area contributed by atoms with E-state index in [2.05, 4.69) is 51.0 Å². The van der Waals surface area contributed by atoms with Crippen molar-refractivity contribution in [2.45, 2.75) is 13.3 Å². The fourth-order valence-corrected chi connectivity index (χ4v) is 2.90. The SMILES string of the molecule is Cc1ccccc1N1CCN(c2cncc(OCCCO)n2)CC1. The Hall–Kier alpha value is -2.34. The van der Waals surface area contributed by atoms with Gasteiger partial charge < -0.3 is 19.6 Å². The summed E-state index contributed by atoms with van der Waals surface area (Å²) in [7, 11) is 0. The van der Waals surface area contributed by atoms with E-state index in [-0.39, 0.29) is 6.61 Å². The van der Waals surface area contributed by atoms with Crippen molar-refractivity contribution >= 4 is 11.5 Å². The molecule has 2 aromatic rings. The van der Waals surface area contributed by atoms with Crippen molar-refractivity contribution in [2.24, 2.45) is 0 Å². The maximum atomic E-state index is 8.81. The molecule has 1 fully saturated rings. The van der Waals surface area contributed by atoms with Crippen LogP contribution in [0.1, 0.15) is 12.0 Å². The molecule has 0 bridgehead atoms. The van der Waals surface area contributed by atoms with Crippen molar-refractivity contribution in [3.05, 3.63) is 42.2 Å². The quantitative estimate of drug-likeness (QED) is 0.817. The molecule has 24 heavy (non-hydrogen) atoms. The molecule has 0 atom stereocenters. The Balaban J connectivity index is 1.60. The lowest BCUT2D eigenvalue weighted by Gasteiger charge is -2.37. The van der Waals surface area contributed by atoms with Gasteiger partial charge in [-0.25, -0.2) is 0 Å². The number of aryl methyl sites for hydroxylation is 1. The molecule has 0 spiro atoms. The predicted octanol–water partition coefficient (Wildman–Crippen LogP) is 1.87. The van der Waals surface area contributed by atoms with E-state index in [1.807, 2.05) is 0 Å². The van der Waals surface area contributed by atoms with Gasteiger partial charge in [0.1, 0.15) is 0 Å². The van der Waals surface area contributed by atoms with Crippen LogP contribution >= 0.6 is 0 Å². The Bertz CT molecular complexity index is 657. The third-order valence-electron chi connectivity index (χ3n) is 4.21. The van der Waals surface area contributed by atoms with Crippen LogP contribution in [0, 0.1) is 6.92 Å². The monoisotopic (exact) mass is 328 g/mol. The van der Waals surface area contributed by atoms with E-state index in [1.165, 1.54) is 11.3 Å². The Morgan fingerprint density at radius 3 is 2.58 bits per heavy atom. The standard InChI is InChI=1S/C18H24N4O2/c1-15-5-2-3-6-16(15)21-7-9-22(10-8-21)17-13-19-14-18(20-17)24-12-4-11-23/h2-3,5-6,13-14,23H,4,7-12H2,1H3. The van der Waals surface area contributed by atoms with Gasteiger partial charge in [0.2, 0.25) is 5.88 Å². The van der Waals surface area contributed by atoms with Crippen LogP contribution in [0.5, 0.6) is 5.88 Å². The van der Waals surface area contributed by atoms with E-state index in [0.717, 1.165) is 32.0 Å². The molecule has 6 heteroatoms. The van der Waals surface area contributed by atoms with Gasteiger partial charge in [-0.1, -0.05) is 18.2 Å². The van der Waals surface area contributed by atoms with Crippen LogP contribution in [0.3, 0.4) is 0 Å². The molecular formula is C18H24N4O2. The Kier molecular flexibility index (Phi) is 5.48. The van der Waals surface area contributed by atoms with Crippen LogP contribution in [-0.2, 0) is 0 Å². The number of nitrogens with zero attached hydrogens (tertiary/aromatic N) is 4. The van der Waals surface area contributed by atoms with E-state index in [0.29, 0.717) is 18.9 Å². The molecule has 3 rings (SSSR count). The minimum Gasteiger partial charge on any atom is -0.476 e. The smallest absolute Gasteiger partial charge is 0.234 e. The van der Waals surface area contributed by atoms with Gasteiger partial charge in [0.05, 0.1) is 19.0 Å². The van der Waals surface area contributed by atoms with Crippen LogP contribution in [0.4, 0.5) is 11.5 Å². The number of piperazine rings is 1. The number of para-hydroxylation sites is 1. The fourth-order valence-electron chi connectivity index (χ4n) is 2.90. The minimum absolute atomic E-state index is 0.119. The maximum absolute atomic E-state index is 8.81. The molecule has 1 aliphatic rings. The van der Waals surface area contributed by atoms with Gasteiger partial charge in [0.25, 0.3) is 0 Å². The molecular weight excluding hydrogens is 304 g/mol. The maximum Gasteiger partial charge on any atom is 0.234 e. The highest BCUT2D eigenvalue weighted by atomic mass is 16.5. The molecule has 0 unspecified atom stereocenters. The second-order valence-electron chi connectivity index (χ2n) is 5.90. The zero-order valence-corrected chi connectivity index (χ0v) is 14.1. The molecule has 1 N–H and O–H groups in total. The normalized spacial score (nSPS) is 14.8. The van der Waals surface area contributed by atoms with Crippen molar-refractivity contribution < 1.29 is 9.84 Å². The molecule has 0 radical (unpaired) electrons. The summed E-state index contributed by atoms with van der Waals surface area (Å²) < 4.78 is 5.51. The molecule has 0 saturated carbocycles. The summed E-state index contributed by atoms with van der Waals surface area (Å²) in [6.45, 7) is 6.46. The third kappa shape index (κ3) is 3.94. The number of aromatic nitrogens is 2. The Morgan fingerprint density at radius 1 is 1.08 bits per heavy atom. The average molecular weight is 328 g/mol. The van der Waals surface area contributed by atoms with Gasteiger partial charge in [-0.3, -0.25) is 4.98 Å². The van der Waals surface area contributed by atoms with Crippen molar-refractivity contribution in [1.82, 2.24) is 9.97 Å². The largest absolute Gasteiger partial charge is 0.476 e. The molecule has 1 aromatic heterocycles. The lowest BCUT2D eigenvalue weighted by atomic mass is 10.1. The second-order valence-corrected chi connectivity index (χ2v) is 5.90. The first-order chi connectivity index (χ1) is 11.8. The van der Waals surface area contributed by atoms with Crippen LogP contribution < -0.4 is 14.5 Å². The van der Waals surface area contributed by atoms with E-state index in [4.69, 9.17) is 9.84 Å². The first-order valence-corrected chi connectivity index (χ1v) is 8.39. The molecule has 1 aromatic carbocycles. The van der Waals surface area contributed by atoms with E-state index < -0.39 is 0 Å². The molecule has 6 nitrogen and oxygen atoms in total. The van der Waals surface area contributed by atoms with Gasteiger partial charge in [-0.2, -0.15) is 4.98 Å². The number of rotatable bonds is 6. The number of hydrogen-bond donors (Lipinski definition) is 1. The fraction of sp³-hybridized carbons (Fsp3) is 0.444. The summed E-state index contributed by atoms with van der Waals surface area (Å²) in [5.74, 6) is 1.36. The predicted molar refractivity (Wildman–Crippen MR) is 94.8 cm³/mol. The zero-order chi connectivity index (χ0) is 16.8. The molecule has 128 valence electrons. The van der Waals surface area contributed by atoms with Gasteiger partial charge in [-0.05, 0) is 18.6 Å². The number of hydrogen-bond acceptors (Lipinski definition) is 6. The number of benzene rings is 1. The summed E-state index contributed by atoms with van der Waals surface area (Å²) in [5.41, 5.74) is 2.62. The van der Waals surface area contributed by atoms with Crippen LogP contribution in [0.15, 0.2) is 36.7 Å². The van der Waals surface area contributed by atoms with Gasteiger partial charge in [0.15, 0.2) is 5.82 Å². The summed E-state index contributed by atoms with van der Waals surface area (Å²) in [5, 5.41) is 8.81. The summed E-state index contributed by atoms with van der Waals surface area (Å²) >= 11 is 0. The Morgan fingerprint density at radius 2 is 1.83 bits per heavy atom. The third-order valence-corrected chi connectivity index (χ3v) is 4.21. The zero-order valence-electron chi connectivity index (χ0n) is 14.1. The molecule has 1 aliphatic heterocycles. The first-order valence-electron chi connectivity index (χ1n) is 8.39. The van der Waals surface area contributed by atoms with Crippen molar-refractivity contribution in [3.8, 4) is 5.88 Å². The summed E-state index contributed by atoms with van der Waals surface area (Å²) in [6.07, 6.45) is 3.99. The van der Waals surface area contributed by atoms with Gasteiger partial charge in [-0.15, -0.1) is 0 Å². The molecule has 1 saturated heterocycles. The number of ether oxygens (including phenoxy) is 1. The minimum atomic E-state index is 0.119. The van der Waals surface area contributed by atoms with E-state index >= 15 is 0 Å². The lowest BCUT2D eigenvalue weighted by molar-refractivity contribution is 0.229. The van der Waals surface area contributed by atoms with Crippen LogP contribution in [0.2, 0.25) is 0 Å². The van der Waals surface area contributed by atoms with E-state index in [9.17, 15) is 0 Å². The first kappa shape index (κ1) is 16.5. The topological polar surface area (TPSA) is 61.7 Å². The summed E-state index contributed by atoms with van der Waals surface area (Å²) in [6, 6.07) is 8.50. The van der Waals surface area contributed by atoms with Crippen LogP contribution in [-0.4, -0.2) is 54.5 Å². The summed E-state index contributed by atoms with van der Waals surface area (Å²) in [4.78, 5) is 13.4.